The van der Waals surface area contributed by atoms with Gasteiger partial charge in [0.15, 0.2) is 0 Å². The molecule has 1 aliphatic rings. The summed E-state index contributed by atoms with van der Waals surface area (Å²) >= 11 is 0. The van der Waals surface area contributed by atoms with Crippen LogP contribution in [0.3, 0.4) is 0 Å². The maximum absolute atomic E-state index is 13.2. The summed E-state index contributed by atoms with van der Waals surface area (Å²) in [6.45, 7) is 5.48. The first-order valence-corrected chi connectivity index (χ1v) is 7.82. The molecule has 0 spiro atoms. The standard InChI is InChI=1S/C17H25FN2O2.ClH/c1-12(13(2)19)16(21)20-11-17(7-9-22-10-8-17)14-3-5-15(18)6-4-14;/h3-6,12-13H,7-11,19H2,1-2H3,(H,20,21);1H. The third kappa shape index (κ3) is 4.90. The number of carbonyl (C=O) groups is 1. The largest absolute Gasteiger partial charge is 0.381 e. The number of ether oxygens (including phenoxy) is 1. The molecule has 1 saturated heterocycles. The van der Waals surface area contributed by atoms with Gasteiger partial charge in [-0.1, -0.05) is 19.1 Å². The zero-order valence-corrected chi connectivity index (χ0v) is 14.5. The molecule has 1 aromatic rings. The number of hydrogen-bond acceptors (Lipinski definition) is 3. The molecule has 1 heterocycles. The van der Waals surface area contributed by atoms with Crippen LogP contribution < -0.4 is 11.1 Å². The molecular weight excluding hydrogens is 319 g/mol. The predicted octanol–water partition coefficient (Wildman–Crippen LogP) is 2.40. The normalized spacial score (nSPS) is 19.3. The molecule has 1 aromatic carbocycles. The zero-order valence-electron chi connectivity index (χ0n) is 13.7. The lowest BCUT2D eigenvalue weighted by Gasteiger charge is -2.38. The second-order valence-electron chi connectivity index (χ2n) is 6.27. The fraction of sp³-hybridized carbons (Fsp3) is 0.588. The molecule has 130 valence electrons. The number of nitrogens with one attached hydrogen (secondary N) is 1. The summed E-state index contributed by atoms with van der Waals surface area (Å²) in [7, 11) is 0. The van der Waals surface area contributed by atoms with Gasteiger partial charge in [-0.15, -0.1) is 12.4 Å². The van der Waals surface area contributed by atoms with Crippen molar-refractivity contribution in [2.45, 2.75) is 38.1 Å². The molecule has 1 fully saturated rings. The molecule has 0 aliphatic carbocycles. The number of benzene rings is 1. The summed E-state index contributed by atoms with van der Waals surface area (Å²) in [5.41, 5.74) is 6.64. The minimum atomic E-state index is -0.249. The molecule has 2 unspecified atom stereocenters. The van der Waals surface area contributed by atoms with Gasteiger partial charge >= 0.3 is 0 Å². The van der Waals surface area contributed by atoms with Gasteiger partial charge in [0.2, 0.25) is 5.91 Å². The van der Waals surface area contributed by atoms with Gasteiger partial charge in [0.1, 0.15) is 5.82 Å². The molecule has 1 aliphatic heterocycles. The van der Waals surface area contributed by atoms with E-state index in [-0.39, 0.29) is 41.5 Å². The highest BCUT2D eigenvalue weighted by molar-refractivity contribution is 5.85. The third-order valence-electron chi connectivity index (χ3n) is 4.71. The Kier molecular flexibility index (Phi) is 7.45. The Labute approximate surface area is 143 Å². The Morgan fingerprint density at radius 1 is 1.30 bits per heavy atom. The van der Waals surface area contributed by atoms with Gasteiger partial charge in [-0.25, -0.2) is 4.39 Å². The van der Waals surface area contributed by atoms with Crippen molar-refractivity contribution in [2.75, 3.05) is 19.8 Å². The van der Waals surface area contributed by atoms with Crippen LogP contribution in [0.1, 0.15) is 32.3 Å². The maximum atomic E-state index is 13.2. The lowest BCUT2D eigenvalue weighted by Crippen LogP contribution is -2.47. The highest BCUT2D eigenvalue weighted by Crippen LogP contribution is 2.34. The minimum Gasteiger partial charge on any atom is -0.381 e. The fourth-order valence-electron chi connectivity index (χ4n) is 2.79. The molecule has 0 saturated carbocycles. The SMILES string of the molecule is CC(N)C(C)C(=O)NCC1(c2ccc(F)cc2)CCOCC1.Cl. The van der Waals surface area contributed by atoms with Crippen molar-refractivity contribution in [3.8, 4) is 0 Å². The van der Waals surface area contributed by atoms with Gasteiger partial charge < -0.3 is 15.8 Å². The third-order valence-corrected chi connectivity index (χ3v) is 4.71. The molecule has 23 heavy (non-hydrogen) atoms. The highest BCUT2D eigenvalue weighted by Gasteiger charge is 2.35. The van der Waals surface area contributed by atoms with Crippen LogP contribution in [-0.2, 0) is 14.9 Å². The van der Waals surface area contributed by atoms with Crippen molar-refractivity contribution >= 4 is 18.3 Å². The first-order valence-electron chi connectivity index (χ1n) is 7.82. The van der Waals surface area contributed by atoms with E-state index in [0.717, 1.165) is 18.4 Å². The molecule has 0 radical (unpaired) electrons. The van der Waals surface area contributed by atoms with Crippen LogP contribution in [0, 0.1) is 11.7 Å². The van der Waals surface area contributed by atoms with Crippen molar-refractivity contribution in [3.63, 3.8) is 0 Å². The Morgan fingerprint density at radius 3 is 2.39 bits per heavy atom. The lowest BCUT2D eigenvalue weighted by molar-refractivity contribution is -0.125. The van der Waals surface area contributed by atoms with Gasteiger partial charge in [0.05, 0.1) is 0 Å². The number of halogens is 2. The van der Waals surface area contributed by atoms with E-state index in [4.69, 9.17) is 10.5 Å². The first-order chi connectivity index (χ1) is 10.4. The van der Waals surface area contributed by atoms with Crippen LogP contribution in [0.15, 0.2) is 24.3 Å². The molecule has 2 atom stereocenters. The van der Waals surface area contributed by atoms with Gasteiger partial charge in [0.25, 0.3) is 0 Å². The lowest BCUT2D eigenvalue weighted by atomic mass is 9.74. The van der Waals surface area contributed by atoms with Gasteiger partial charge in [-0.05, 0) is 37.5 Å². The van der Waals surface area contributed by atoms with E-state index < -0.39 is 0 Å². The number of nitrogens with two attached hydrogens (primary N) is 1. The number of amides is 1. The first kappa shape index (κ1) is 19.9. The molecular formula is C17H26ClFN2O2. The quantitative estimate of drug-likeness (QED) is 0.862. The van der Waals surface area contributed by atoms with Gasteiger partial charge in [-0.3, -0.25) is 4.79 Å². The fourth-order valence-corrected chi connectivity index (χ4v) is 2.79. The molecule has 1 amide bonds. The van der Waals surface area contributed by atoms with Crippen LogP contribution in [-0.4, -0.2) is 31.7 Å². The Morgan fingerprint density at radius 2 is 1.87 bits per heavy atom. The summed E-state index contributed by atoms with van der Waals surface area (Å²) in [6.07, 6.45) is 1.62. The smallest absolute Gasteiger partial charge is 0.224 e. The summed E-state index contributed by atoms with van der Waals surface area (Å²) in [5.74, 6) is -0.520. The highest BCUT2D eigenvalue weighted by atomic mass is 35.5. The van der Waals surface area contributed by atoms with E-state index in [2.05, 4.69) is 5.32 Å². The van der Waals surface area contributed by atoms with Gasteiger partial charge in [0, 0.05) is 37.1 Å². The Bertz CT molecular complexity index is 502. The summed E-state index contributed by atoms with van der Waals surface area (Å²) in [4.78, 5) is 12.2. The predicted molar refractivity (Wildman–Crippen MR) is 91.2 cm³/mol. The second kappa shape index (κ2) is 8.62. The molecule has 0 aromatic heterocycles. The minimum absolute atomic E-state index is 0. The average Bonchev–Trinajstić information content (AvgIpc) is 2.53. The summed E-state index contributed by atoms with van der Waals surface area (Å²) in [6, 6.07) is 6.37. The average molecular weight is 345 g/mol. The zero-order chi connectivity index (χ0) is 16.2. The van der Waals surface area contributed by atoms with Crippen LogP contribution >= 0.6 is 12.4 Å². The van der Waals surface area contributed by atoms with E-state index >= 15 is 0 Å². The van der Waals surface area contributed by atoms with Crippen molar-refractivity contribution in [1.29, 1.82) is 0 Å². The topological polar surface area (TPSA) is 64.4 Å². The van der Waals surface area contributed by atoms with E-state index in [1.807, 2.05) is 26.0 Å². The van der Waals surface area contributed by atoms with Crippen molar-refractivity contribution < 1.29 is 13.9 Å². The van der Waals surface area contributed by atoms with Crippen LogP contribution in [0.2, 0.25) is 0 Å². The number of carbonyl (C=O) groups excluding carboxylic acids is 1. The monoisotopic (exact) mass is 344 g/mol. The number of hydrogen-bond donors (Lipinski definition) is 2. The van der Waals surface area contributed by atoms with Crippen molar-refractivity contribution in [1.82, 2.24) is 5.32 Å². The van der Waals surface area contributed by atoms with Gasteiger partial charge in [-0.2, -0.15) is 0 Å². The Balaban J connectivity index is 0.00000264. The maximum Gasteiger partial charge on any atom is 0.224 e. The van der Waals surface area contributed by atoms with E-state index in [9.17, 15) is 9.18 Å². The van der Waals surface area contributed by atoms with Crippen molar-refractivity contribution in [3.05, 3.63) is 35.6 Å². The molecule has 2 rings (SSSR count). The van der Waals surface area contributed by atoms with Crippen LogP contribution in [0.5, 0.6) is 0 Å². The number of rotatable bonds is 5. The molecule has 3 N–H and O–H groups in total. The van der Waals surface area contributed by atoms with Crippen LogP contribution in [0.25, 0.3) is 0 Å². The Hall–Kier alpha value is -1.17. The van der Waals surface area contributed by atoms with E-state index in [1.54, 1.807) is 0 Å². The molecule has 6 heteroatoms. The summed E-state index contributed by atoms with van der Waals surface area (Å²) < 4.78 is 18.6. The molecule has 4 nitrogen and oxygen atoms in total. The molecule has 0 bridgehead atoms. The second-order valence-corrected chi connectivity index (χ2v) is 6.27. The van der Waals surface area contributed by atoms with Crippen LogP contribution in [0.4, 0.5) is 4.39 Å². The van der Waals surface area contributed by atoms with E-state index in [1.165, 1.54) is 12.1 Å². The summed E-state index contributed by atoms with van der Waals surface area (Å²) in [5, 5.41) is 3.02. The van der Waals surface area contributed by atoms with Crippen molar-refractivity contribution in [2.24, 2.45) is 11.7 Å². The van der Waals surface area contributed by atoms with E-state index in [0.29, 0.717) is 19.8 Å².